The van der Waals surface area contributed by atoms with E-state index in [0.29, 0.717) is 5.56 Å². The van der Waals surface area contributed by atoms with Crippen molar-refractivity contribution in [1.82, 2.24) is 0 Å². The first-order valence-electron chi connectivity index (χ1n) is 11.7. The SMILES string of the molecule is O=C1C=Cc2ccccc2C1=C1C(=O)C(=P(c2ccccc2)(c2ccccc2)c2ccccc2)C1=O. The van der Waals surface area contributed by atoms with E-state index in [1.54, 1.807) is 12.1 Å². The predicted octanol–water partition coefficient (Wildman–Crippen LogP) is 4.35. The van der Waals surface area contributed by atoms with Crippen molar-refractivity contribution in [3.05, 3.63) is 138 Å². The lowest BCUT2D eigenvalue weighted by Crippen LogP contribution is -2.48. The third kappa shape index (κ3) is 3.17. The minimum atomic E-state index is -2.81. The van der Waals surface area contributed by atoms with Gasteiger partial charge in [0.25, 0.3) is 0 Å². The molecule has 4 heteroatoms. The van der Waals surface area contributed by atoms with E-state index >= 15 is 0 Å². The first kappa shape index (κ1) is 22.2. The van der Waals surface area contributed by atoms with Crippen LogP contribution in [0, 0.1) is 0 Å². The number of ketones is 3. The maximum absolute atomic E-state index is 14.1. The van der Waals surface area contributed by atoms with Gasteiger partial charge in [-0.15, -0.1) is 0 Å². The summed E-state index contributed by atoms with van der Waals surface area (Å²) in [4.78, 5) is 41.3. The molecular formula is C32H21O3P. The van der Waals surface area contributed by atoms with E-state index in [9.17, 15) is 14.4 Å². The zero-order valence-corrected chi connectivity index (χ0v) is 20.2. The molecule has 2 aliphatic rings. The molecule has 0 amide bonds. The van der Waals surface area contributed by atoms with E-state index in [-0.39, 0.29) is 33.8 Å². The minimum absolute atomic E-state index is 0.000955. The Hall–Kier alpha value is -4.33. The zero-order chi connectivity index (χ0) is 24.7. The largest absolute Gasteiger partial charge is 0.289 e. The van der Waals surface area contributed by atoms with Crippen LogP contribution in [0.15, 0.2) is 127 Å². The lowest BCUT2D eigenvalue weighted by molar-refractivity contribution is -0.120. The molecule has 0 atom stereocenters. The van der Waals surface area contributed by atoms with E-state index in [1.807, 2.05) is 109 Å². The summed E-state index contributed by atoms with van der Waals surface area (Å²) in [6.45, 7) is -2.81. The maximum atomic E-state index is 14.1. The number of hydrogen-bond donors (Lipinski definition) is 0. The number of allylic oxidation sites excluding steroid dienone is 3. The van der Waals surface area contributed by atoms with E-state index in [2.05, 4.69) is 0 Å². The van der Waals surface area contributed by atoms with Crippen molar-refractivity contribution >= 4 is 57.1 Å². The van der Waals surface area contributed by atoms with Gasteiger partial charge in [0.05, 0.1) is 10.9 Å². The van der Waals surface area contributed by atoms with Gasteiger partial charge in [0.15, 0.2) is 5.78 Å². The number of rotatable bonds is 3. The van der Waals surface area contributed by atoms with Gasteiger partial charge in [-0.2, -0.15) is 0 Å². The lowest BCUT2D eigenvalue weighted by Gasteiger charge is -2.36. The summed E-state index contributed by atoms with van der Waals surface area (Å²) < 4.78 is 0. The Bertz CT molecular complexity index is 1540. The molecule has 0 radical (unpaired) electrons. The van der Waals surface area contributed by atoms with Gasteiger partial charge in [-0.25, -0.2) is 0 Å². The fourth-order valence-corrected chi connectivity index (χ4v) is 9.57. The third-order valence-corrected chi connectivity index (χ3v) is 11.1. The van der Waals surface area contributed by atoms with Crippen LogP contribution in [-0.2, 0) is 14.4 Å². The lowest BCUT2D eigenvalue weighted by atomic mass is 9.78. The van der Waals surface area contributed by atoms with Crippen LogP contribution in [0.2, 0.25) is 0 Å². The average molecular weight is 484 g/mol. The van der Waals surface area contributed by atoms with Gasteiger partial charge in [-0.3, -0.25) is 14.4 Å². The smallest absolute Gasteiger partial charge is 0.202 e. The van der Waals surface area contributed by atoms with Gasteiger partial charge < -0.3 is 0 Å². The van der Waals surface area contributed by atoms with Crippen LogP contribution in [0.3, 0.4) is 0 Å². The summed E-state index contributed by atoms with van der Waals surface area (Å²) >= 11 is 0. The van der Waals surface area contributed by atoms with Crippen LogP contribution in [0.25, 0.3) is 11.6 Å². The fraction of sp³-hybridized carbons (Fsp3) is 0. The van der Waals surface area contributed by atoms with Crippen LogP contribution in [0.4, 0.5) is 0 Å². The van der Waals surface area contributed by atoms with Crippen molar-refractivity contribution in [2.75, 3.05) is 0 Å². The van der Waals surface area contributed by atoms with Gasteiger partial charge in [0.1, 0.15) is 0 Å². The zero-order valence-electron chi connectivity index (χ0n) is 19.3. The Morgan fingerprint density at radius 1 is 0.444 bits per heavy atom. The molecular weight excluding hydrogens is 463 g/mol. The summed E-state index contributed by atoms with van der Waals surface area (Å²) in [5.74, 6) is -0.982. The molecule has 0 unspecified atom stereocenters. The molecule has 0 aromatic heterocycles. The Morgan fingerprint density at radius 2 is 0.889 bits per heavy atom. The topological polar surface area (TPSA) is 51.2 Å². The second kappa shape index (κ2) is 8.71. The highest BCUT2D eigenvalue weighted by Crippen LogP contribution is 2.50. The van der Waals surface area contributed by atoms with Gasteiger partial charge in [0, 0.05) is 5.57 Å². The van der Waals surface area contributed by atoms with Crippen molar-refractivity contribution in [1.29, 1.82) is 0 Å². The molecule has 36 heavy (non-hydrogen) atoms. The Balaban J connectivity index is 1.73. The molecule has 0 N–H and O–H groups in total. The van der Waals surface area contributed by atoms with Crippen LogP contribution in [-0.4, -0.2) is 22.6 Å². The molecule has 0 aliphatic heterocycles. The highest BCUT2D eigenvalue weighted by atomic mass is 31.2. The molecule has 4 aromatic carbocycles. The molecule has 3 nitrogen and oxygen atoms in total. The van der Waals surface area contributed by atoms with Gasteiger partial charge in [-0.1, -0.05) is 121 Å². The molecule has 1 fully saturated rings. The highest BCUT2D eigenvalue weighted by Gasteiger charge is 2.49. The second-order valence-electron chi connectivity index (χ2n) is 8.72. The quantitative estimate of drug-likeness (QED) is 0.247. The summed E-state index contributed by atoms with van der Waals surface area (Å²) in [6.07, 6.45) is 3.17. The summed E-state index contributed by atoms with van der Waals surface area (Å²) in [5, 5.41) is 3.06. The molecule has 172 valence electrons. The van der Waals surface area contributed by atoms with E-state index < -0.39 is 6.89 Å². The summed E-state index contributed by atoms with van der Waals surface area (Å²) in [5.41, 5.74) is 1.66. The predicted molar refractivity (Wildman–Crippen MR) is 148 cm³/mol. The molecule has 0 bridgehead atoms. The van der Waals surface area contributed by atoms with Gasteiger partial charge in [0.2, 0.25) is 11.6 Å². The Morgan fingerprint density at radius 3 is 1.39 bits per heavy atom. The first-order chi connectivity index (χ1) is 17.6. The molecule has 0 saturated heterocycles. The van der Waals surface area contributed by atoms with Gasteiger partial charge in [-0.05, 0) is 40.0 Å². The number of fused-ring (bicyclic) bond motifs is 1. The van der Waals surface area contributed by atoms with Crippen molar-refractivity contribution in [3.63, 3.8) is 0 Å². The third-order valence-electron chi connectivity index (χ3n) is 6.79. The molecule has 0 heterocycles. The molecule has 1 saturated carbocycles. The number of benzene rings is 4. The molecule has 6 rings (SSSR count). The van der Waals surface area contributed by atoms with E-state index in [0.717, 1.165) is 21.5 Å². The number of carbonyl (C=O) groups excluding carboxylic acids is 3. The van der Waals surface area contributed by atoms with Crippen LogP contribution >= 0.6 is 6.89 Å². The van der Waals surface area contributed by atoms with Crippen molar-refractivity contribution in [3.8, 4) is 0 Å². The van der Waals surface area contributed by atoms with E-state index in [1.165, 1.54) is 6.08 Å². The average Bonchev–Trinajstić information content (AvgIpc) is 2.94. The van der Waals surface area contributed by atoms with Crippen LogP contribution in [0.1, 0.15) is 11.1 Å². The number of Topliss-reactive ketones (excluding diaryl/α,β-unsaturated/α-hetero) is 2. The van der Waals surface area contributed by atoms with E-state index in [4.69, 9.17) is 0 Å². The second-order valence-corrected chi connectivity index (χ2v) is 12.1. The fourth-order valence-electron chi connectivity index (χ4n) is 5.21. The summed E-state index contributed by atoms with van der Waals surface area (Å²) in [6, 6.07) is 36.8. The Kier molecular flexibility index (Phi) is 5.36. The van der Waals surface area contributed by atoms with Crippen LogP contribution < -0.4 is 15.9 Å². The van der Waals surface area contributed by atoms with Gasteiger partial charge >= 0.3 is 0 Å². The molecule has 0 spiro atoms. The molecule has 4 aromatic rings. The molecule has 2 aliphatic carbocycles. The monoisotopic (exact) mass is 484 g/mol. The Labute approximate surface area is 209 Å². The first-order valence-corrected chi connectivity index (χ1v) is 13.5. The number of hydrogen-bond acceptors (Lipinski definition) is 3. The van der Waals surface area contributed by atoms with Crippen molar-refractivity contribution in [2.24, 2.45) is 0 Å². The van der Waals surface area contributed by atoms with Crippen LogP contribution in [0.5, 0.6) is 0 Å². The van der Waals surface area contributed by atoms with Crippen molar-refractivity contribution in [2.45, 2.75) is 0 Å². The summed E-state index contributed by atoms with van der Waals surface area (Å²) in [7, 11) is 0. The standard InChI is InChI=1S/C32H21O3P/c33-27-21-20-22-12-10-11-19-26(22)28(27)29-30(34)32(31(29)35)36(23-13-4-1-5-14-23,24-15-6-2-7-16-24)25-17-8-3-9-18-25/h1-21H. The number of carbonyl (C=O) groups is 3. The highest BCUT2D eigenvalue weighted by molar-refractivity contribution is 7.98. The normalized spacial score (nSPS) is 15.1. The van der Waals surface area contributed by atoms with Crippen molar-refractivity contribution < 1.29 is 14.4 Å². The minimum Gasteiger partial charge on any atom is -0.289 e. The maximum Gasteiger partial charge on any atom is 0.202 e.